The molecular weight excluding hydrogens is 494 g/mol. The Labute approximate surface area is 193 Å². The van der Waals surface area contributed by atoms with Crippen LogP contribution < -0.4 is 0 Å². The van der Waals surface area contributed by atoms with Crippen LogP contribution in [0.15, 0.2) is 47.2 Å². The first-order valence-electron chi connectivity index (χ1n) is 9.27. The molecule has 8 heteroatoms. The Morgan fingerprint density at radius 1 is 1.27 bits per heavy atom. The number of aromatic nitrogens is 2. The van der Waals surface area contributed by atoms with E-state index in [9.17, 15) is 9.18 Å². The van der Waals surface area contributed by atoms with Crippen LogP contribution in [0.25, 0.3) is 0 Å². The molecule has 3 aromatic rings. The van der Waals surface area contributed by atoms with Crippen molar-refractivity contribution in [2.75, 3.05) is 7.11 Å². The molecule has 1 unspecified atom stereocenters. The summed E-state index contributed by atoms with van der Waals surface area (Å²) in [6.07, 6.45) is 1.78. The third kappa shape index (κ3) is 4.56. The van der Waals surface area contributed by atoms with Crippen LogP contribution in [0.1, 0.15) is 53.1 Å². The van der Waals surface area contributed by atoms with E-state index in [-0.39, 0.29) is 17.5 Å². The molecule has 0 aliphatic rings. The van der Waals surface area contributed by atoms with Crippen molar-refractivity contribution >= 4 is 45.1 Å². The monoisotopic (exact) mass is 512 g/mol. The fourth-order valence-electron chi connectivity index (χ4n) is 3.52. The first-order chi connectivity index (χ1) is 14.2. The van der Waals surface area contributed by atoms with Crippen LogP contribution in [0.2, 0.25) is 10.0 Å². The van der Waals surface area contributed by atoms with E-state index < -0.39 is 17.7 Å². The van der Waals surface area contributed by atoms with Gasteiger partial charge in [-0.05, 0) is 66.0 Å². The van der Waals surface area contributed by atoms with E-state index in [0.717, 1.165) is 4.60 Å². The van der Waals surface area contributed by atoms with E-state index in [4.69, 9.17) is 27.9 Å². The van der Waals surface area contributed by atoms with Crippen molar-refractivity contribution in [3.05, 3.63) is 85.6 Å². The average Bonchev–Trinajstić information content (AvgIpc) is 3.06. The molecule has 0 fully saturated rings. The Bertz CT molecular complexity index is 1070. The SMILES string of the molecule is COC(=O)c1cc(Br)n(C(C)C)c1C(Cc1cccc(Cl)c1F)c1ccc(Cl)cn1. The van der Waals surface area contributed by atoms with Crippen LogP contribution in [-0.2, 0) is 11.2 Å². The normalized spacial score (nSPS) is 12.3. The fraction of sp³-hybridized carbons (Fsp3) is 0.273. The van der Waals surface area contributed by atoms with E-state index in [1.807, 2.05) is 18.4 Å². The number of hydrogen-bond donors (Lipinski definition) is 0. The van der Waals surface area contributed by atoms with Gasteiger partial charge in [-0.15, -0.1) is 0 Å². The van der Waals surface area contributed by atoms with E-state index >= 15 is 0 Å². The number of halogens is 4. The van der Waals surface area contributed by atoms with Crippen LogP contribution in [0.5, 0.6) is 0 Å². The van der Waals surface area contributed by atoms with Gasteiger partial charge in [0, 0.05) is 29.5 Å². The van der Waals surface area contributed by atoms with Gasteiger partial charge in [0.15, 0.2) is 0 Å². The smallest absolute Gasteiger partial charge is 0.339 e. The highest BCUT2D eigenvalue weighted by molar-refractivity contribution is 9.10. The van der Waals surface area contributed by atoms with Crippen molar-refractivity contribution in [3.8, 4) is 0 Å². The first-order valence-corrected chi connectivity index (χ1v) is 10.8. The van der Waals surface area contributed by atoms with Crippen molar-refractivity contribution in [2.45, 2.75) is 32.2 Å². The summed E-state index contributed by atoms with van der Waals surface area (Å²) in [5.74, 6) is -1.41. The predicted octanol–water partition coefficient (Wildman–Crippen LogP) is 6.83. The fourth-order valence-corrected chi connectivity index (χ4v) is 4.66. The molecule has 0 N–H and O–H groups in total. The Balaban J connectivity index is 2.26. The molecule has 158 valence electrons. The van der Waals surface area contributed by atoms with Crippen molar-refractivity contribution < 1.29 is 13.9 Å². The Hall–Kier alpha value is -1.89. The van der Waals surface area contributed by atoms with Gasteiger partial charge in [-0.25, -0.2) is 9.18 Å². The molecule has 3 rings (SSSR count). The van der Waals surface area contributed by atoms with Crippen LogP contribution in [-0.4, -0.2) is 22.6 Å². The van der Waals surface area contributed by atoms with E-state index in [1.165, 1.54) is 19.4 Å². The van der Waals surface area contributed by atoms with Crippen LogP contribution >= 0.6 is 39.1 Å². The van der Waals surface area contributed by atoms with Crippen molar-refractivity contribution in [1.29, 1.82) is 0 Å². The number of ether oxygens (including phenoxy) is 1. The third-order valence-electron chi connectivity index (χ3n) is 4.84. The van der Waals surface area contributed by atoms with Gasteiger partial charge < -0.3 is 9.30 Å². The van der Waals surface area contributed by atoms with Gasteiger partial charge in [0.05, 0.1) is 27.3 Å². The molecule has 0 bridgehead atoms. The lowest BCUT2D eigenvalue weighted by Gasteiger charge is -2.24. The van der Waals surface area contributed by atoms with Gasteiger partial charge in [0.2, 0.25) is 0 Å². The van der Waals surface area contributed by atoms with Crippen LogP contribution in [0.4, 0.5) is 4.39 Å². The van der Waals surface area contributed by atoms with Gasteiger partial charge in [-0.1, -0.05) is 35.3 Å². The molecule has 0 aliphatic carbocycles. The number of hydrogen-bond acceptors (Lipinski definition) is 3. The molecule has 0 amide bonds. The molecule has 0 saturated heterocycles. The number of methoxy groups -OCH3 is 1. The average molecular weight is 514 g/mol. The Kier molecular flexibility index (Phi) is 7.22. The Morgan fingerprint density at radius 2 is 2.00 bits per heavy atom. The van der Waals surface area contributed by atoms with Crippen LogP contribution in [0.3, 0.4) is 0 Å². The van der Waals surface area contributed by atoms with Crippen molar-refractivity contribution in [3.63, 3.8) is 0 Å². The molecule has 30 heavy (non-hydrogen) atoms. The number of esters is 1. The highest BCUT2D eigenvalue weighted by Gasteiger charge is 2.30. The number of carbonyl (C=O) groups is 1. The maximum absolute atomic E-state index is 14.8. The number of benzene rings is 1. The molecule has 1 aromatic carbocycles. The lowest BCUT2D eigenvalue weighted by Crippen LogP contribution is -2.18. The van der Waals surface area contributed by atoms with Gasteiger partial charge in [0.1, 0.15) is 5.82 Å². The molecule has 0 saturated carbocycles. The minimum atomic E-state index is -0.487. The summed E-state index contributed by atoms with van der Waals surface area (Å²) in [6, 6.07) is 10.1. The zero-order valence-corrected chi connectivity index (χ0v) is 19.7. The lowest BCUT2D eigenvalue weighted by atomic mass is 9.90. The topological polar surface area (TPSA) is 44.1 Å². The molecule has 2 aromatic heterocycles. The first kappa shape index (κ1) is 22.8. The second-order valence-corrected chi connectivity index (χ2v) is 8.75. The molecule has 0 spiro atoms. The van der Waals surface area contributed by atoms with Crippen LogP contribution in [0, 0.1) is 5.82 Å². The van der Waals surface area contributed by atoms with Gasteiger partial charge in [-0.3, -0.25) is 4.98 Å². The van der Waals surface area contributed by atoms with E-state index in [2.05, 4.69) is 20.9 Å². The molecule has 0 aliphatic heterocycles. The zero-order chi connectivity index (χ0) is 22.0. The second kappa shape index (κ2) is 9.50. The van der Waals surface area contributed by atoms with Crippen molar-refractivity contribution in [1.82, 2.24) is 9.55 Å². The third-order valence-corrected chi connectivity index (χ3v) is 5.97. The van der Waals surface area contributed by atoms with Gasteiger partial charge >= 0.3 is 5.97 Å². The summed E-state index contributed by atoms with van der Waals surface area (Å²) in [6.45, 7) is 4.00. The maximum atomic E-state index is 14.8. The standard InChI is InChI=1S/C22H20BrCl2FN2O2/c1-12(2)28-19(23)10-16(22(29)30-3)21(28)15(18-8-7-14(24)11-27-18)9-13-5-4-6-17(25)20(13)26/h4-8,10-12,15H,9H2,1-3H3. The van der Waals surface area contributed by atoms with Crippen molar-refractivity contribution in [2.24, 2.45) is 0 Å². The highest BCUT2D eigenvalue weighted by Crippen LogP contribution is 2.37. The maximum Gasteiger partial charge on any atom is 0.339 e. The molecule has 4 nitrogen and oxygen atoms in total. The summed E-state index contributed by atoms with van der Waals surface area (Å²) < 4.78 is 22.5. The quantitative estimate of drug-likeness (QED) is 0.339. The minimum Gasteiger partial charge on any atom is -0.465 e. The number of carbonyl (C=O) groups excluding carboxylic acids is 1. The summed E-state index contributed by atoms with van der Waals surface area (Å²) in [4.78, 5) is 17.1. The van der Waals surface area contributed by atoms with Gasteiger partial charge in [0.25, 0.3) is 0 Å². The molecule has 0 radical (unpaired) electrons. The summed E-state index contributed by atoms with van der Waals surface area (Å²) in [5, 5.41) is 0.531. The summed E-state index contributed by atoms with van der Waals surface area (Å²) >= 11 is 15.6. The summed E-state index contributed by atoms with van der Waals surface area (Å²) in [5.41, 5.74) is 2.14. The second-order valence-electron chi connectivity index (χ2n) is 7.09. The number of nitrogens with zero attached hydrogens (tertiary/aromatic N) is 2. The van der Waals surface area contributed by atoms with E-state index in [0.29, 0.717) is 27.5 Å². The highest BCUT2D eigenvalue weighted by atomic mass is 79.9. The zero-order valence-electron chi connectivity index (χ0n) is 16.6. The molecule has 1 atom stereocenters. The molecular formula is C22H20BrCl2FN2O2. The van der Waals surface area contributed by atoms with E-state index in [1.54, 1.807) is 30.3 Å². The predicted molar refractivity (Wildman–Crippen MR) is 120 cm³/mol. The summed E-state index contributed by atoms with van der Waals surface area (Å²) in [7, 11) is 1.33. The van der Waals surface area contributed by atoms with Gasteiger partial charge in [-0.2, -0.15) is 0 Å². The number of pyridine rings is 1. The largest absolute Gasteiger partial charge is 0.465 e. The number of rotatable bonds is 6. The Morgan fingerprint density at radius 3 is 2.60 bits per heavy atom. The minimum absolute atomic E-state index is 0.0202. The lowest BCUT2D eigenvalue weighted by molar-refractivity contribution is 0.0599. The molecule has 2 heterocycles.